The van der Waals surface area contributed by atoms with E-state index >= 15 is 0 Å². The molecule has 0 aliphatic heterocycles. The number of hydrogen-bond donors (Lipinski definition) is 0. The average molecular weight is 502 g/mol. The van der Waals surface area contributed by atoms with Crippen molar-refractivity contribution >= 4 is 0 Å². The molecular formula is C36H27N3. The molecule has 186 valence electrons. The molecule has 3 nitrogen and oxygen atoms in total. The molecule has 0 unspecified atom stereocenters. The Morgan fingerprint density at radius 3 is 1.51 bits per heavy atom. The second kappa shape index (κ2) is 9.14. The van der Waals surface area contributed by atoms with Gasteiger partial charge < -0.3 is 0 Å². The summed E-state index contributed by atoms with van der Waals surface area (Å²) in [7, 11) is 0. The first-order valence-electron chi connectivity index (χ1n) is 13.3. The average Bonchev–Trinajstić information content (AvgIpc) is 3.24. The number of rotatable bonds is 4. The molecule has 0 amide bonds. The summed E-state index contributed by atoms with van der Waals surface area (Å²) in [6.45, 7) is 4.62. The van der Waals surface area contributed by atoms with E-state index < -0.39 is 0 Å². The van der Waals surface area contributed by atoms with Gasteiger partial charge in [0.15, 0.2) is 17.5 Å². The van der Waals surface area contributed by atoms with E-state index in [2.05, 4.69) is 80.6 Å². The van der Waals surface area contributed by atoms with Gasteiger partial charge >= 0.3 is 0 Å². The summed E-state index contributed by atoms with van der Waals surface area (Å²) in [5, 5.41) is 0. The minimum Gasteiger partial charge on any atom is -0.208 e. The smallest absolute Gasteiger partial charge is 0.164 e. The van der Waals surface area contributed by atoms with Crippen LogP contribution in [0.2, 0.25) is 0 Å². The van der Waals surface area contributed by atoms with Crippen LogP contribution in [0.25, 0.3) is 56.4 Å². The van der Waals surface area contributed by atoms with E-state index in [0.29, 0.717) is 17.5 Å². The molecular weight excluding hydrogens is 474 g/mol. The van der Waals surface area contributed by atoms with Gasteiger partial charge in [0.1, 0.15) is 0 Å². The molecule has 1 aromatic heterocycles. The first kappa shape index (κ1) is 23.2. The Labute approximate surface area is 228 Å². The Bertz CT molecular complexity index is 1760. The second-order valence-electron chi connectivity index (χ2n) is 10.5. The van der Waals surface area contributed by atoms with Gasteiger partial charge in [-0.05, 0) is 39.4 Å². The fourth-order valence-corrected chi connectivity index (χ4v) is 5.75. The first-order valence-corrected chi connectivity index (χ1v) is 13.3. The Kier molecular flexibility index (Phi) is 5.45. The Morgan fingerprint density at radius 1 is 0.385 bits per heavy atom. The zero-order valence-electron chi connectivity index (χ0n) is 22.0. The highest BCUT2D eigenvalue weighted by Crippen LogP contribution is 2.49. The molecule has 0 atom stereocenters. The number of aromatic nitrogens is 3. The van der Waals surface area contributed by atoms with Gasteiger partial charge in [0.2, 0.25) is 0 Å². The van der Waals surface area contributed by atoms with E-state index in [4.69, 9.17) is 15.0 Å². The maximum atomic E-state index is 4.99. The third-order valence-electron chi connectivity index (χ3n) is 7.76. The molecule has 3 heteroatoms. The standard InChI is InChI=1S/C36H27N3/c1-36(2)31-20-12-11-18-28(31)30-23-26(21-22-32(30)36)27-17-9-10-19-29(27)35-38-33(24-13-5-3-6-14-24)37-34(39-35)25-15-7-4-8-16-25/h3-23H,1-2H3. The summed E-state index contributed by atoms with van der Waals surface area (Å²) in [5.74, 6) is 2.00. The summed E-state index contributed by atoms with van der Waals surface area (Å²) in [6.07, 6.45) is 0. The van der Waals surface area contributed by atoms with Crippen LogP contribution >= 0.6 is 0 Å². The summed E-state index contributed by atoms with van der Waals surface area (Å²) in [6, 6.07) is 44.3. The van der Waals surface area contributed by atoms with Crippen LogP contribution in [0.1, 0.15) is 25.0 Å². The molecule has 0 fully saturated rings. The molecule has 5 aromatic carbocycles. The first-order chi connectivity index (χ1) is 19.1. The molecule has 1 heterocycles. The molecule has 0 N–H and O–H groups in total. The van der Waals surface area contributed by atoms with E-state index in [-0.39, 0.29) is 5.41 Å². The van der Waals surface area contributed by atoms with Crippen LogP contribution in [0.3, 0.4) is 0 Å². The molecule has 6 aromatic rings. The van der Waals surface area contributed by atoms with Crippen molar-refractivity contribution in [3.63, 3.8) is 0 Å². The van der Waals surface area contributed by atoms with Gasteiger partial charge in [0.25, 0.3) is 0 Å². The largest absolute Gasteiger partial charge is 0.208 e. The van der Waals surface area contributed by atoms with E-state index in [9.17, 15) is 0 Å². The van der Waals surface area contributed by atoms with E-state index in [1.807, 2.05) is 60.7 Å². The lowest BCUT2D eigenvalue weighted by molar-refractivity contribution is 0.660. The predicted octanol–water partition coefficient (Wildman–Crippen LogP) is 8.85. The molecule has 0 bridgehead atoms. The number of benzene rings is 5. The highest BCUT2D eigenvalue weighted by Gasteiger charge is 2.35. The topological polar surface area (TPSA) is 38.7 Å². The van der Waals surface area contributed by atoms with Crippen LogP contribution in [-0.4, -0.2) is 15.0 Å². The second-order valence-corrected chi connectivity index (χ2v) is 10.5. The maximum absolute atomic E-state index is 4.99. The minimum absolute atomic E-state index is 0.0205. The van der Waals surface area contributed by atoms with Crippen molar-refractivity contribution in [1.29, 1.82) is 0 Å². The Balaban J connectivity index is 1.42. The molecule has 1 aliphatic rings. The van der Waals surface area contributed by atoms with Crippen LogP contribution in [0.5, 0.6) is 0 Å². The Morgan fingerprint density at radius 2 is 0.872 bits per heavy atom. The molecule has 39 heavy (non-hydrogen) atoms. The predicted molar refractivity (Wildman–Crippen MR) is 159 cm³/mol. The fraction of sp³-hybridized carbons (Fsp3) is 0.0833. The number of nitrogens with zero attached hydrogens (tertiary/aromatic N) is 3. The lowest BCUT2D eigenvalue weighted by atomic mass is 9.82. The zero-order chi connectivity index (χ0) is 26.4. The SMILES string of the molecule is CC1(C)c2ccccc2-c2cc(-c3ccccc3-c3nc(-c4ccccc4)nc(-c4ccccc4)n3)ccc21. The van der Waals surface area contributed by atoms with E-state index in [1.165, 1.54) is 22.3 Å². The van der Waals surface area contributed by atoms with Crippen molar-refractivity contribution in [2.24, 2.45) is 0 Å². The monoisotopic (exact) mass is 501 g/mol. The number of hydrogen-bond acceptors (Lipinski definition) is 3. The van der Waals surface area contributed by atoms with Gasteiger partial charge in [-0.15, -0.1) is 0 Å². The van der Waals surface area contributed by atoms with Gasteiger partial charge in [-0.25, -0.2) is 15.0 Å². The molecule has 0 spiro atoms. The lowest BCUT2D eigenvalue weighted by Crippen LogP contribution is -2.14. The summed E-state index contributed by atoms with van der Waals surface area (Å²) < 4.78 is 0. The van der Waals surface area contributed by atoms with Crippen LogP contribution in [0.15, 0.2) is 127 Å². The zero-order valence-corrected chi connectivity index (χ0v) is 22.0. The normalized spacial score (nSPS) is 13.1. The minimum atomic E-state index is -0.0205. The molecule has 0 saturated heterocycles. The van der Waals surface area contributed by atoms with Crippen molar-refractivity contribution < 1.29 is 0 Å². The van der Waals surface area contributed by atoms with Gasteiger partial charge in [0.05, 0.1) is 0 Å². The van der Waals surface area contributed by atoms with E-state index in [0.717, 1.165) is 27.8 Å². The van der Waals surface area contributed by atoms with E-state index in [1.54, 1.807) is 0 Å². The highest BCUT2D eigenvalue weighted by atomic mass is 15.0. The maximum Gasteiger partial charge on any atom is 0.164 e. The third kappa shape index (κ3) is 3.95. The van der Waals surface area contributed by atoms with Gasteiger partial charge in [-0.2, -0.15) is 0 Å². The third-order valence-corrected chi connectivity index (χ3v) is 7.76. The highest BCUT2D eigenvalue weighted by molar-refractivity contribution is 5.88. The fourth-order valence-electron chi connectivity index (χ4n) is 5.75. The van der Waals surface area contributed by atoms with Crippen molar-refractivity contribution in [2.75, 3.05) is 0 Å². The summed E-state index contributed by atoms with van der Waals surface area (Å²) in [4.78, 5) is 14.9. The van der Waals surface area contributed by atoms with Crippen LogP contribution in [-0.2, 0) is 5.41 Å². The lowest BCUT2D eigenvalue weighted by Gasteiger charge is -2.21. The van der Waals surface area contributed by atoms with Crippen molar-refractivity contribution in [1.82, 2.24) is 15.0 Å². The van der Waals surface area contributed by atoms with Gasteiger partial charge in [0, 0.05) is 22.1 Å². The number of fused-ring (bicyclic) bond motifs is 3. The van der Waals surface area contributed by atoms with Gasteiger partial charge in [-0.1, -0.05) is 135 Å². The molecule has 0 saturated carbocycles. The van der Waals surface area contributed by atoms with Crippen molar-refractivity contribution in [3.8, 4) is 56.4 Å². The van der Waals surface area contributed by atoms with Crippen molar-refractivity contribution in [2.45, 2.75) is 19.3 Å². The van der Waals surface area contributed by atoms with Crippen LogP contribution < -0.4 is 0 Å². The molecule has 1 aliphatic carbocycles. The Hall–Kier alpha value is -4.89. The van der Waals surface area contributed by atoms with Crippen LogP contribution in [0.4, 0.5) is 0 Å². The van der Waals surface area contributed by atoms with Gasteiger partial charge in [-0.3, -0.25) is 0 Å². The van der Waals surface area contributed by atoms with Crippen molar-refractivity contribution in [3.05, 3.63) is 139 Å². The molecule has 0 radical (unpaired) electrons. The summed E-state index contributed by atoms with van der Waals surface area (Å²) in [5.41, 5.74) is 10.5. The summed E-state index contributed by atoms with van der Waals surface area (Å²) >= 11 is 0. The van der Waals surface area contributed by atoms with Crippen LogP contribution in [0, 0.1) is 0 Å². The molecule has 7 rings (SSSR count). The quantitative estimate of drug-likeness (QED) is 0.242.